The minimum atomic E-state index is -1.26. The van der Waals surface area contributed by atoms with Crippen molar-refractivity contribution < 1.29 is 23.8 Å². The van der Waals surface area contributed by atoms with Crippen LogP contribution in [0, 0.1) is 5.82 Å². The number of rotatable bonds is 10. The molecule has 196 valence electrons. The van der Waals surface area contributed by atoms with E-state index in [9.17, 15) is 19.1 Å². The van der Waals surface area contributed by atoms with Crippen LogP contribution in [0.3, 0.4) is 0 Å². The molecule has 3 atom stereocenters. The summed E-state index contributed by atoms with van der Waals surface area (Å²) in [6.45, 7) is 2.85. The molecule has 1 aliphatic heterocycles. The van der Waals surface area contributed by atoms with Crippen molar-refractivity contribution in [3.8, 4) is 5.75 Å². The molecule has 2 aromatic carbocycles. The molecule has 8 nitrogen and oxygen atoms in total. The molecule has 0 aliphatic carbocycles. The number of aliphatic hydroxyl groups excluding tert-OH is 1. The third-order valence-corrected chi connectivity index (χ3v) is 6.41. The first-order valence-electron chi connectivity index (χ1n) is 12.4. The van der Waals surface area contributed by atoms with Gasteiger partial charge in [0.05, 0.1) is 12.1 Å². The van der Waals surface area contributed by atoms with E-state index in [0.29, 0.717) is 36.2 Å². The number of piperazine rings is 1. The fourth-order valence-electron chi connectivity index (χ4n) is 4.53. The number of pyridine rings is 1. The molecule has 10 heteroatoms. The van der Waals surface area contributed by atoms with Crippen LogP contribution in [-0.2, 0) is 29.2 Å². The quantitative estimate of drug-likeness (QED) is 0.348. The highest BCUT2D eigenvalue weighted by Gasteiger charge is 2.38. The number of nitrogens with one attached hydrogen (secondary N) is 2. The number of ether oxygens (including phenoxy) is 1. The third kappa shape index (κ3) is 7.17. The maximum Gasteiger partial charge on any atom is 0.242 e. The number of halogens is 1. The summed E-state index contributed by atoms with van der Waals surface area (Å²) in [7, 11) is 5.90. The maximum atomic E-state index is 14.5. The summed E-state index contributed by atoms with van der Waals surface area (Å²) in [6, 6.07) is 13.7. The van der Waals surface area contributed by atoms with Crippen molar-refractivity contribution in [1.82, 2.24) is 20.5 Å². The van der Waals surface area contributed by atoms with Gasteiger partial charge in [-0.1, -0.05) is 35.8 Å². The number of nitrogens with zero attached hydrogens (tertiary/aromatic N) is 2. The van der Waals surface area contributed by atoms with Gasteiger partial charge in [0.2, 0.25) is 11.8 Å². The number of aliphatic hydroxyl groups is 1. The van der Waals surface area contributed by atoms with Crippen LogP contribution >= 0.6 is 0 Å². The van der Waals surface area contributed by atoms with Gasteiger partial charge in [0.1, 0.15) is 32.1 Å². The fourth-order valence-corrected chi connectivity index (χ4v) is 4.53. The molecule has 1 aromatic heterocycles. The number of benzene rings is 2. The van der Waals surface area contributed by atoms with Crippen LogP contribution in [0.4, 0.5) is 4.39 Å². The van der Waals surface area contributed by atoms with Crippen molar-refractivity contribution >= 4 is 25.1 Å². The average molecular weight is 516 g/mol. The standard InChI is InChI=1S/C28H30BFN4O4/c1-18(35)33-25(27(36)26-28(37)34(10-9-32-26)16-19-5-3-2-4-6-19)13-20-11-22(30)14-23(12-20)38-17-21-7-8-31-15-24(21)29/h2-8,11-12,14-15,25-27,32,36H,9-10,13,16-17H2,1H3,(H,33,35)/t25-,26-,27-/m0/s1. The molecule has 2 heterocycles. The predicted octanol–water partition coefficient (Wildman–Crippen LogP) is 1.00. The first-order valence-corrected chi connectivity index (χ1v) is 12.4. The van der Waals surface area contributed by atoms with E-state index in [1.165, 1.54) is 25.3 Å². The largest absolute Gasteiger partial charge is 0.489 e. The van der Waals surface area contributed by atoms with E-state index in [2.05, 4.69) is 15.6 Å². The summed E-state index contributed by atoms with van der Waals surface area (Å²) < 4.78 is 20.2. The zero-order valence-corrected chi connectivity index (χ0v) is 21.1. The second-order valence-electron chi connectivity index (χ2n) is 9.34. The summed E-state index contributed by atoms with van der Waals surface area (Å²) >= 11 is 0. The van der Waals surface area contributed by atoms with Gasteiger partial charge in [0.15, 0.2) is 0 Å². The topological polar surface area (TPSA) is 104 Å². The van der Waals surface area contributed by atoms with E-state index >= 15 is 0 Å². The Kier molecular flexibility index (Phi) is 9.09. The summed E-state index contributed by atoms with van der Waals surface area (Å²) in [4.78, 5) is 30.9. The lowest BCUT2D eigenvalue weighted by atomic mass is 9.93. The Morgan fingerprint density at radius 2 is 2.05 bits per heavy atom. The van der Waals surface area contributed by atoms with E-state index < -0.39 is 24.0 Å². The summed E-state index contributed by atoms with van der Waals surface area (Å²) in [5.74, 6) is -0.897. The zero-order chi connectivity index (χ0) is 27.1. The number of hydrogen-bond acceptors (Lipinski definition) is 6. The lowest BCUT2D eigenvalue weighted by Gasteiger charge is -2.38. The van der Waals surface area contributed by atoms with Crippen LogP contribution in [0.15, 0.2) is 67.0 Å². The molecule has 0 unspecified atom stereocenters. The Hall–Kier alpha value is -3.76. The highest BCUT2D eigenvalue weighted by atomic mass is 19.1. The van der Waals surface area contributed by atoms with Crippen LogP contribution in [-0.4, -0.2) is 65.9 Å². The van der Waals surface area contributed by atoms with Crippen molar-refractivity contribution in [2.24, 2.45) is 0 Å². The average Bonchev–Trinajstić information content (AvgIpc) is 2.89. The predicted molar refractivity (Wildman–Crippen MR) is 141 cm³/mol. The Labute approximate surface area is 222 Å². The molecule has 0 bridgehead atoms. The smallest absolute Gasteiger partial charge is 0.242 e. The van der Waals surface area contributed by atoms with Crippen molar-refractivity contribution in [1.29, 1.82) is 0 Å². The second-order valence-corrected chi connectivity index (χ2v) is 9.34. The second kappa shape index (κ2) is 12.7. The molecule has 2 amide bonds. The summed E-state index contributed by atoms with van der Waals surface area (Å²) in [6.07, 6.45) is 1.93. The van der Waals surface area contributed by atoms with Gasteiger partial charge < -0.3 is 25.4 Å². The summed E-state index contributed by atoms with van der Waals surface area (Å²) in [5, 5.41) is 17.1. The van der Waals surface area contributed by atoms with Crippen LogP contribution in [0.2, 0.25) is 0 Å². The van der Waals surface area contributed by atoms with Crippen LogP contribution in [0.5, 0.6) is 5.75 Å². The Bertz CT molecular complexity index is 1260. The fraction of sp³-hybridized carbons (Fsp3) is 0.321. The summed E-state index contributed by atoms with van der Waals surface area (Å²) in [5.41, 5.74) is 2.64. The number of aromatic nitrogens is 1. The van der Waals surface area contributed by atoms with Gasteiger partial charge in [-0.2, -0.15) is 0 Å². The third-order valence-electron chi connectivity index (χ3n) is 6.41. The number of hydrogen-bond donors (Lipinski definition) is 3. The molecule has 1 fully saturated rings. The van der Waals surface area contributed by atoms with Crippen molar-refractivity contribution in [3.05, 3.63) is 89.5 Å². The van der Waals surface area contributed by atoms with Gasteiger partial charge in [-0.3, -0.25) is 14.6 Å². The minimum absolute atomic E-state index is 0.0798. The SMILES string of the molecule is [B]c1cnccc1COc1cc(F)cc(C[C@H](NC(C)=O)[C@H](O)[C@@H]2NCCN(Cc3ccccc3)C2=O)c1. The van der Waals surface area contributed by atoms with Crippen molar-refractivity contribution in [3.63, 3.8) is 0 Å². The molecule has 3 aromatic rings. The molecule has 4 rings (SSSR count). The van der Waals surface area contributed by atoms with Gasteiger partial charge in [0, 0.05) is 45.0 Å². The van der Waals surface area contributed by atoms with Gasteiger partial charge in [-0.25, -0.2) is 4.39 Å². The molecule has 0 spiro atoms. The van der Waals surface area contributed by atoms with E-state index in [0.717, 1.165) is 5.56 Å². The first-order chi connectivity index (χ1) is 18.3. The van der Waals surface area contributed by atoms with Gasteiger partial charge >= 0.3 is 0 Å². The normalized spacial score (nSPS) is 17.1. The lowest BCUT2D eigenvalue weighted by Crippen LogP contribution is -2.63. The molecule has 38 heavy (non-hydrogen) atoms. The van der Waals surface area contributed by atoms with E-state index in [1.807, 2.05) is 30.3 Å². The molecule has 2 radical (unpaired) electrons. The molecular weight excluding hydrogens is 486 g/mol. The monoisotopic (exact) mass is 516 g/mol. The maximum absolute atomic E-state index is 14.5. The Morgan fingerprint density at radius 3 is 2.79 bits per heavy atom. The highest BCUT2D eigenvalue weighted by Crippen LogP contribution is 2.21. The first kappa shape index (κ1) is 27.3. The number of amides is 2. The number of carbonyl (C=O) groups is 2. The van der Waals surface area contributed by atoms with E-state index in [-0.39, 0.29) is 30.6 Å². The number of carbonyl (C=O) groups excluding carboxylic acids is 2. The minimum Gasteiger partial charge on any atom is -0.489 e. The molecule has 1 saturated heterocycles. The van der Waals surface area contributed by atoms with Gasteiger partial charge in [-0.15, -0.1) is 0 Å². The van der Waals surface area contributed by atoms with Crippen molar-refractivity contribution in [2.45, 2.75) is 44.7 Å². The highest BCUT2D eigenvalue weighted by molar-refractivity contribution is 6.33. The van der Waals surface area contributed by atoms with E-state index in [4.69, 9.17) is 12.6 Å². The lowest BCUT2D eigenvalue weighted by molar-refractivity contribution is -0.141. The molecular formula is C28H30BFN4O4. The Morgan fingerprint density at radius 1 is 1.26 bits per heavy atom. The molecule has 3 N–H and O–H groups in total. The molecule has 1 aliphatic rings. The van der Waals surface area contributed by atoms with Crippen molar-refractivity contribution in [2.75, 3.05) is 13.1 Å². The molecule has 0 saturated carbocycles. The zero-order valence-electron chi connectivity index (χ0n) is 21.1. The van der Waals surface area contributed by atoms with Gasteiger partial charge in [-0.05, 0) is 41.3 Å². The van der Waals surface area contributed by atoms with Gasteiger partial charge in [0.25, 0.3) is 0 Å². The van der Waals surface area contributed by atoms with E-state index in [1.54, 1.807) is 23.2 Å². The van der Waals surface area contributed by atoms with Crippen LogP contribution in [0.1, 0.15) is 23.6 Å². The Balaban J connectivity index is 1.48. The van der Waals surface area contributed by atoms with Crippen LogP contribution < -0.4 is 20.8 Å². The van der Waals surface area contributed by atoms with Crippen LogP contribution in [0.25, 0.3) is 0 Å².